The maximum Gasteiger partial charge on any atom is 0.161 e. The molecular formula is C39H27N3O. The summed E-state index contributed by atoms with van der Waals surface area (Å²) in [6.45, 7) is 0. The lowest BCUT2D eigenvalue weighted by Crippen LogP contribution is -2.46. The Morgan fingerprint density at radius 3 is 1.65 bits per heavy atom. The summed E-state index contributed by atoms with van der Waals surface area (Å²) in [5, 5.41) is 0. The van der Waals surface area contributed by atoms with Gasteiger partial charge in [0.1, 0.15) is 17.0 Å². The average molecular weight is 554 g/mol. The molecule has 0 amide bonds. The van der Waals surface area contributed by atoms with Crippen molar-refractivity contribution < 1.29 is 4.74 Å². The number of fused-ring (bicyclic) bond motifs is 3. The lowest BCUT2D eigenvalue weighted by molar-refractivity contribution is 0.479. The highest BCUT2D eigenvalue weighted by atomic mass is 16.5. The van der Waals surface area contributed by atoms with Crippen LogP contribution in [0, 0.1) is 0 Å². The molecule has 0 N–H and O–H groups in total. The van der Waals surface area contributed by atoms with E-state index in [4.69, 9.17) is 14.7 Å². The van der Waals surface area contributed by atoms with Crippen molar-refractivity contribution in [1.82, 2.24) is 9.97 Å². The molecule has 7 aromatic rings. The highest BCUT2D eigenvalue weighted by molar-refractivity contribution is 5.89. The van der Waals surface area contributed by atoms with Gasteiger partial charge < -0.3 is 9.64 Å². The van der Waals surface area contributed by atoms with Gasteiger partial charge in [-0.15, -0.1) is 0 Å². The van der Waals surface area contributed by atoms with Crippen molar-refractivity contribution in [3.05, 3.63) is 180 Å². The van der Waals surface area contributed by atoms with Gasteiger partial charge >= 0.3 is 0 Å². The van der Waals surface area contributed by atoms with E-state index in [1.807, 2.05) is 60.7 Å². The Kier molecular flexibility index (Phi) is 5.97. The van der Waals surface area contributed by atoms with Crippen molar-refractivity contribution in [3.63, 3.8) is 0 Å². The highest BCUT2D eigenvalue weighted by Crippen LogP contribution is 2.56. The fourth-order valence-electron chi connectivity index (χ4n) is 6.31. The first-order chi connectivity index (χ1) is 21.3. The molecule has 0 fully saturated rings. The zero-order valence-electron chi connectivity index (χ0n) is 23.3. The first-order valence-electron chi connectivity index (χ1n) is 14.4. The molecule has 1 aliphatic rings. The second-order valence-corrected chi connectivity index (χ2v) is 10.6. The molecule has 4 heteroatoms. The first-order valence-corrected chi connectivity index (χ1v) is 14.4. The monoisotopic (exact) mass is 553 g/mol. The largest absolute Gasteiger partial charge is 0.455 e. The van der Waals surface area contributed by atoms with Crippen molar-refractivity contribution in [1.29, 1.82) is 0 Å². The molecule has 2 heterocycles. The van der Waals surface area contributed by atoms with Gasteiger partial charge in [-0.1, -0.05) is 133 Å². The number of nitrogens with zero attached hydrogens (tertiary/aromatic N) is 3. The molecule has 4 nitrogen and oxygen atoms in total. The quantitative estimate of drug-likeness (QED) is 0.218. The number of anilines is 2. The molecule has 0 saturated heterocycles. The van der Waals surface area contributed by atoms with Crippen molar-refractivity contribution in [2.75, 3.05) is 4.90 Å². The summed E-state index contributed by atoms with van der Waals surface area (Å²) < 4.78 is 6.80. The molecule has 1 aromatic heterocycles. The van der Waals surface area contributed by atoms with Gasteiger partial charge in [-0.3, -0.25) is 0 Å². The number of rotatable bonds is 4. The van der Waals surface area contributed by atoms with Crippen LogP contribution in [0.2, 0.25) is 0 Å². The molecular weight excluding hydrogens is 526 g/mol. The molecule has 0 spiro atoms. The van der Waals surface area contributed by atoms with Crippen molar-refractivity contribution >= 4 is 22.5 Å². The van der Waals surface area contributed by atoms with Gasteiger partial charge in [0.25, 0.3) is 0 Å². The maximum atomic E-state index is 6.80. The average Bonchev–Trinajstić information content (AvgIpc) is 3.22. The van der Waals surface area contributed by atoms with E-state index in [0.29, 0.717) is 0 Å². The summed E-state index contributed by atoms with van der Waals surface area (Å²) in [7, 11) is 0. The van der Waals surface area contributed by atoms with E-state index in [2.05, 4.69) is 108 Å². The van der Waals surface area contributed by atoms with Crippen LogP contribution in [-0.4, -0.2) is 9.97 Å². The van der Waals surface area contributed by atoms with Gasteiger partial charge in [0, 0.05) is 11.1 Å². The molecule has 0 radical (unpaired) electrons. The number of hydrogen-bond donors (Lipinski definition) is 0. The molecule has 204 valence electrons. The smallest absolute Gasteiger partial charge is 0.161 e. The van der Waals surface area contributed by atoms with E-state index >= 15 is 0 Å². The van der Waals surface area contributed by atoms with E-state index in [1.165, 1.54) is 0 Å². The fourth-order valence-corrected chi connectivity index (χ4v) is 6.31. The van der Waals surface area contributed by atoms with Gasteiger partial charge in [0.15, 0.2) is 11.6 Å². The predicted molar refractivity (Wildman–Crippen MR) is 173 cm³/mol. The van der Waals surface area contributed by atoms with Crippen molar-refractivity contribution in [3.8, 4) is 22.8 Å². The molecule has 6 aromatic carbocycles. The fraction of sp³-hybridized carbons (Fsp3) is 0.0256. The Labute approximate surface area is 250 Å². The summed E-state index contributed by atoms with van der Waals surface area (Å²) in [6.07, 6.45) is 0. The van der Waals surface area contributed by atoms with Crippen LogP contribution in [0.3, 0.4) is 0 Å². The van der Waals surface area contributed by atoms with Gasteiger partial charge in [-0.2, -0.15) is 0 Å². The highest BCUT2D eigenvalue weighted by Gasteiger charge is 2.49. The zero-order chi connectivity index (χ0) is 28.6. The van der Waals surface area contributed by atoms with Crippen LogP contribution in [-0.2, 0) is 5.54 Å². The summed E-state index contributed by atoms with van der Waals surface area (Å²) in [6, 6.07) is 56.3. The van der Waals surface area contributed by atoms with E-state index in [9.17, 15) is 0 Å². The van der Waals surface area contributed by atoms with Crippen LogP contribution in [0.1, 0.15) is 16.7 Å². The Morgan fingerprint density at radius 1 is 0.465 bits per heavy atom. The summed E-state index contributed by atoms with van der Waals surface area (Å²) in [5.74, 6) is 2.28. The van der Waals surface area contributed by atoms with Gasteiger partial charge in [0.05, 0.1) is 16.7 Å². The third-order valence-electron chi connectivity index (χ3n) is 8.13. The van der Waals surface area contributed by atoms with Crippen LogP contribution < -0.4 is 9.64 Å². The standard InChI is InChI=1S/C39H27N3O/c1-4-16-28(17-5-1)37-38(41-33-24-12-11-23-32(33)40-37)42-34-25-13-15-27-36(34)43-35-26-14-10-22-31(35)39(42,29-18-6-2-7-19-29)30-20-8-3-9-21-30/h1-27H. The van der Waals surface area contributed by atoms with Crippen LogP contribution in [0.15, 0.2) is 164 Å². The molecule has 1 aliphatic heterocycles. The van der Waals surface area contributed by atoms with Crippen molar-refractivity contribution in [2.45, 2.75) is 5.54 Å². The van der Waals surface area contributed by atoms with E-state index < -0.39 is 5.54 Å². The van der Waals surface area contributed by atoms with Crippen molar-refractivity contribution in [2.24, 2.45) is 0 Å². The summed E-state index contributed by atoms with van der Waals surface area (Å²) >= 11 is 0. The van der Waals surface area contributed by atoms with Crippen LogP contribution in [0.5, 0.6) is 11.5 Å². The second-order valence-electron chi connectivity index (χ2n) is 10.6. The SMILES string of the molecule is c1ccc(-c2nc3ccccc3nc2N2c3ccccc3Oc3ccccc3C2(c2ccccc2)c2ccccc2)cc1. The van der Waals surface area contributed by atoms with Gasteiger partial charge in [-0.05, 0) is 41.5 Å². The molecule has 0 bridgehead atoms. The molecule has 0 atom stereocenters. The third kappa shape index (κ3) is 3.99. The molecule has 43 heavy (non-hydrogen) atoms. The number of para-hydroxylation sites is 5. The first kappa shape index (κ1) is 25.0. The van der Waals surface area contributed by atoms with Gasteiger partial charge in [-0.25, -0.2) is 9.97 Å². The second kappa shape index (κ2) is 10.3. The minimum Gasteiger partial charge on any atom is -0.455 e. The van der Waals surface area contributed by atoms with E-state index in [-0.39, 0.29) is 0 Å². The normalized spacial score (nSPS) is 13.4. The molecule has 0 saturated carbocycles. The molecule has 0 unspecified atom stereocenters. The predicted octanol–water partition coefficient (Wildman–Crippen LogP) is 9.53. The minimum absolute atomic E-state index is 0.741. The number of hydrogen-bond acceptors (Lipinski definition) is 4. The Bertz CT molecular complexity index is 2020. The van der Waals surface area contributed by atoms with Crippen LogP contribution in [0.25, 0.3) is 22.3 Å². The summed E-state index contributed by atoms with van der Waals surface area (Å²) in [5.41, 5.74) is 6.66. The van der Waals surface area contributed by atoms with Crippen LogP contribution >= 0.6 is 0 Å². The number of benzene rings is 6. The van der Waals surface area contributed by atoms with E-state index in [0.717, 1.165) is 62.0 Å². The third-order valence-corrected chi connectivity index (χ3v) is 8.13. The topological polar surface area (TPSA) is 38.2 Å². The van der Waals surface area contributed by atoms with Crippen LogP contribution in [0.4, 0.5) is 11.5 Å². The Balaban J connectivity index is 1.60. The zero-order valence-corrected chi connectivity index (χ0v) is 23.3. The minimum atomic E-state index is -0.869. The molecule has 0 aliphatic carbocycles. The number of aromatic nitrogens is 2. The summed E-state index contributed by atoms with van der Waals surface area (Å²) in [4.78, 5) is 13.1. The van der Waals surface area contributed by atoms with Gasteiger partial charge in [0.2, 0.25) is 0 Å². The number of ether oxygens (including phenoxy) is 1. The lowest BCUT2D eigenvalue weighted by atomic mass is 9.74. The molecule has 8 rings (SSSR count). The van der Waals surface area contributed by atoms with E-state index in [1.54, 1.807) is 0 Å². The Hall–Kier alpha value is -5.74. The lowest BCUT2D eigenvalue weighted by Gasteiger charge is -2.45. The Morgan fingerprint density at radius 2 is 0.977 bits per heavy atom. The maximum absolute atomic E-state index is 6.80.